The monoisotopic (exact) mass is 425 g/mol. The number of hydrogen-bond donors (Lipinski definition) is 1. The van der Waals surface area contributed by atoms with Gasteiger partial charge in [-0.2, -0.15) is 9.97 Å². The summed E-state index contributed by atoms with van der Waals surface area (Å²) in [5.74, 6) is 0.580. The van der Waals surface area contributed by atoms with Gasteiger partial charge in [-0.15, -0.1) is 0 Å². The Bertz CT molecular complexity index is 1050. The van der Waals surface area contributed by atoms with E-state index in [0.29, 0.717) is 18.3 Å². The van der Waals surface area contributed by atoms with Crippen molar-refractivity contribution in [1.29, 1.82) is 0 Å². The molecule has 1 saturated heterocycles. The number of esters is 1. The summed E-state index contributed by atoms with van der Waals surface area (Å²) in [5.41, 5.74) is 2.40. The van der Waals surface area contributed by atoms with Crippen LogP contribution >= 0.6 is 0 Å². The third-order valence-electron chi connectivity index (χ3n) is 5.54. The van der Waals surface area contributed by atoms with Gasteiger partial charge in [-0.1, -0.05) is 0 Å². The Hall–Kier alpha value is -3.20. The van der Waals surface area contributed by atoms with Crippen LogP contribution in [0, 0.1) is 0 Å². The molecular formula is C22H27N5O4. The molecule has 0 aliphatic carbocycles. The Labute approximate surface area is 180 Å². The lowest BCUT2D eigenvalue weighted by molar-refractivity contribution is 0.0587. The first-order chi connectivity index (χ1) is 15.1. The molecule has 4 heterocycles. The zero-order valence-corrected chi connectivity index (χ0v) is 18.0. The fraction of sp³-hybridized carbons (Fsp3) is 0.455. The summed E-state index contributed by atoms with van der Waals surface area (Å²) in [6, 6.07) is 5.89. The van der Waals surface area contributed by atoms with Crippen LogP contribution in [0.3, 0.4) is 0 Å². The zero-order chi connectivity index (χ0) is 21.8. The number of carbonyl (C=O) groups excluding carboxylic acids is 1. The standard InChI is InChI=1S/C22H27N5O4/c1-14(13-29-2)31-22-25-18(21(28)30-3)11-19(26-22)27-9-6-15(7-10-27)17-12-24-20-16(17)5-4-8-23-20/h4-5,8,11-12,14-15H,6-7,9-10,13H2,1-3H3,(H,23,24)/t14-/m1/s1. The van der Waals surface area contributed by atoms with Crippen LogP contribution in [0.1, 0.15) is 41.7 Å². The summed E-state index contributed by atoms with van der Waals surface area (Å²) >= 11 is 0. The molecule has 31 heavy (non-hydrogen) atoms. The third kappa shape index (κ3) is 4.61. The van der Waals surface area contributed by atoms with Crippen LogP contribution in [0.4, 0.5) is 5.82 Å². The maximum Gasteiger partial charge on any atom is 0.356 e. The van der Waals surface area contributed by atoms with Gasteiger partial charge in [-0.05, 0) is 43.4 Å². The fourth-order valence-electron chi connectivity index (χ4n) is 4.02. The first-order valence-electron chi connectivity index (χ1n) is 10.4. The number of aromatic nitrogens is 4. The number of carbonyl (C=O) groups is 1. The zero-order valence-electron chi connectivity index (χ0n) is 18.0. The summed E-state index contributed by atoms with van der Waals surface area (Å²) in [5, 5.41) is 1.18. The second-order valence-corrected chi connectivity index (χ2v) is 7.67. The lowest BCUT2D eigenvalue weighted by Gasteiger charge is -2.33. The van der Waals surface area contributed by atoms with E-state index in [0.717, 1.165) is 31.6 Å². The topological polar surface area (TPSA) is 102 Å². The SMILES string of the molecule is COC[C@@H](C)Oc1nc(C(=O)OC)cc(N2CCC(c3c[nH]c4ncccc34)CC2)n1. The molecule has 9 nitrogen and oxygen atoms in total. The molecule has 9 heteroatoms. The lowest BCUT2D eigenvalue weighted by Crippen LogP contribution is -2.34. The molecule has 4 rings (SSSR count). The number of fused-ring (bicyclic) bond motifs is 1. The van der Waals surface area contributed by atoms with Crippen LogP contribution in [0.5, 0.6) is 6.01 Å². The largest absolute Gasteiger partial charge is 0.464 e. The van der Waals surface area contributed by atoms with Gasteiger partial charge < -0.3 is 24.1 Å². The van der Waals surface area contributed by atoms with Gasteiger partial charge in [-0.3, -0.25) is 0 Å². The van der Waals surface area contributed by atoms with Crippen LogP contribution < -0.4 is 9.64 Å². The average Bonchev–Trinajstić information content (AvgIpc) is 3.23. The Morgan fingerprint density at radius 2 is 2.10 bits per heavy atom. The van der Waals surface area contributed by atoms with Crippen LogP contribution in [0.2, 0.25) is 0 Å². The van der Waals surface area contributed by atoms with E-state index in [1.165, 1.54) is 18.1 Å². The van der Waals surface area contributed by atoms with Gasteiger partial charge >= 0.3 is 12.0 Å². The van der Waals surface area contributed by atoms with Gasteiger partial charge in [0.15, 0.2) is 5.69 Å². The molecule has 3 aromatic rings. The molecular weight excluding hydrogens is 398 g/mol. The molecule has 0 aromatic carbocycles. The molecule has 1 aliphatic rings. The molecule has 0 amide bonds. The van der Waals surface area contributed by atoms with E-state index in [1.807, 2.05) is 13.0 Å². The minimum absolute atomic E-state index is 0.146. The maximum atomic E-state index is 12.1. The minimum atomic E-state index is -0.519. The van der Waals surface area contributed by atoms with Crippen LogP contribution in [0.25, 0.3) is 11.0 Å². The highest BCUT2D eigenvalue weighted by atomic mass is 16.5. The van der Waals surface area contributed by atoms with Crippen molar-refractivity contribution >= 4 is 22.8 Å². The predicted molar refractivity (Wildman–Crippen MR) is 116 cm³/mol. The molecule has 0 saturated carbocycles. The van der Waals surface area contributed by atoms with Crippen molar-refractivity contribution in [2.24, 2.45) is 0 Å². The van der Waals surface area contributed by atoms with Crippen molar-refractivity contribution in [2.75, 3.05) is 38.8 Å². The summed E-state index contributed by atoms with van der Waals surface area (Å²) in [6.07, 6.45) is 5.56. The number of nitrogens with zero attached hydrogens (tertiary/aromatic N) is 4. The maximum absolute atomic E-state index is 12.1. The number of H-pyrrole nitrogens is 1. The smallest absolute Gasteiger partial charge is 0.356 e. The van der Waals surface area contributed by atoms with Crippen LogP contribution in [-0.4, -0.2) is 65.9 Å². The van der Waals surface area contributed by atoms with E-state index in [2.05, 4.69) is 37.1 Å². The van der Waals surface area contributed by atoms with E-state index < -0.39 is 5.97 Å². The van der Waals surface area contributed by atoms with Gasteiger partial charge in [0.05, 0.1) is 13.7 Å². The predicted octanol–water partition coefficient (Wildman–Crippen LogP) is 2.94. The van der Waals surface area contributed by atoms with E-state index in [-0.39, 0.29) is 17.8 Å². The van der Waals surface area contributed by atoms with Crippen molar-refractivity contribution in [3.05, 3.63) is 41.9 Å². The average molecular weight is 425 g/mol. The first kappa shape index (κ1) is 21.0. The van der Waals surface area contributed by atoms with Gasteiger partial charge in [0.25, 0.3) is 0 Å². The van der Waals surface area contributed by atoms with Gasteiger partial charge in [-0.25, -0.2) is 9.78 Å². The molecule has 0 radical (unpaired) electrons. The quantitative estimate of drug-likeness (QED) is 0.577. The van der Waals surface area contributed by atoms with Gasteiger partial charge in [0.1, 0.15) is 17.6 Å². The van der Waals surface area contributed by atoms with E-state index in [9.17, 15) is 4.79 Å². The Kier molecular flexibility index (Phi) is 6.31. The number of anilines is 1. The highest BCUT2D eigenvalue weighted by Crippen LogP contribution is 2.34. The van der Waals surface area contributed by atoms with Crippen molar-refractivity contribution in [2.45, 2.75) is 31.8 Å². The Balaban J connectivity index is 1.52. The number of hydrogen-bond acceptors (Lipinski definition) is 8. The van der Waals surface area contributed by atoms with Crippen LogP contribution in [-0.2, 0) is 9.47 Å². The normalized spacial score (nSPS) is 15.8. The van der Waals surface area contributed by atoms with Crippen molar-refractivity contribution in [3.8, 4) is 6.01 Å². The van der Waals surface area contributed by atoms with Crippen molar-refractivity contribution in [1.82, 2.24) is 19.9 Å². The van der Waals surface area contributed by atoms with Crippen LogP contribution in [0.15, 0.2) is 30.6 Å². The van der Waals surface area contributed by atoms with E-state index >= 15 is 0 Å². The molecule has 3 aromatic heterocycles. The number of methoxy groups -OCH3 is 2. The molecule has 0 spiro atoms. The first-order valence-corrected chi connectivity index (χ1v) is 10.4. The summed E-state index contributed by atoms with van der Waals surface area (Å²) in [7, 11) is 2.94. The fourth-order valence-corrected chi connectivity index (χ4v) is 4.02. The number of nitrogens with one attached hydrogen (secondary N) is 1. The Morgan fingerprint density at radius 1 is 1.29 bits per heavy atom. The summed E-state index contributed by atoms with van der Waals surface area (Å²) < 4.78 is 15.7. The van der Waals surface area contributed by atoms with E-state index in [4.69, 9.17) is 14.2 Å². The molecule has 164 valence electrons. The highest BCUT2D eigenvalue weighted by molar-refractivity contribution is 5.88. The second-order valence-electron chi connectivity index (χ2n) is 7.67. The summed E-state index contributed by atoms with van der Waals surface area (Å²) in [4.78, 5) is 30.7. The molecule has 1 fully saturated rings. The Morgan fingerprint density at radius 3 is 2.84 bits per heavy atom. The third-order valence-corrected chi connectivity index (χ3v) is 5.54. The lowest BCUT2D eigenvalue weighted by atomic mass is 9.89. The summed E-state index contributed by atoms with van der Waals surface area (Å²) in [6.45, 7) is 3.87. The number of piperidine rings is 1. The highest BCUT2D eigenvalue weighted by Gasteiger charge is 2.25. The van der Waals surface area contributed by atoms with Gasteiger partial charge in [0.2, 0.25) is 0 Å². The number of ether oxygens (including phenoxy) is 3. The van der Waals surface area contributed by atoms with Gasteiger partial charge in [0, 0.05) is 44.0 Å². The molecule has 0 bridgehead atoms. The van der Waals surface area contributed by atoms with Crippen molar-refractivity contribution in [3.63, 3.8) is 0 Å². The van der Waals surface area contributed by atoms with E-state index in [1.54, 1.807) is 19.4 Å². The van der Waals surface area contributed by atoms with Crippen molar-refractivity contribution < 1.29 is 19.0 Å². The second kappa shape index (κ2) is 9.30. The molecule has 1 aliphatic heterocycles. The molecule has 1 N–H and O–H groups in total. The number of aromatic amines is 1. The number of pyridine rings is 1. The molecule has 1 atom stereocenters. The molecule has 0 unspecified atom stereocenters. The minimum Gasteiger partial charge on any atom is -0.464 e. The number of rotatable bonds is 7.